The summed E-state index contributed by atoms with van der Waals surface area (Å²) >= 11 is 0. The van der Waals surface area contributed by atoms with Crippen LogP contribution in [0.4, 0.5) is 0 Å². The van der Waals surface area contributed by atoms with Gasteiger partial charge in [0, 0.05) is 18.8 Å². The van der Waals surface area contributed by atoms with Gasteiger partial charge in [0.2, 0.25) is 0 Å². The number of hydrogen-bond donors (Lipinski definition) is 1. The Hall–Kier alpha value is -0.570. The smallest absolute Gasteiger partial charge is 0.121 e. The molecule has 0 saturated carbocycles. The number of quaternary nitrogens is 1. The zero-order chi connectivity index (χ0) is 7.90. The van der Waals surface area contributed by atoms with Crippen molar-refractivity contribution < 1.29 is 9.69 Å². The maximum absolute atomic E-state index is 8.71. The second kappa shape index (κ2) is 2.21. The fraction of sp³-hybridized carbons (Fsp3) is 0.875. The molecule has 0 aromatic carbocycles. The Morgan fingerprint density at radius 3 is 2.45 bits per heavy atom. The van der Waals surface area contributed by atoms with E-state index >= 15 is 0 Å². The van der Waals surface area contributed by atoms with Gasteiger partial charge < -0.3 is 9.69 Å². The summed E-state index contributed by atoms with van der Waals surface area (Å²) in [5.41, 5.74) is 1.03. The minimum atomic E-state index is 0.597. The van der Waals surface area contributed by atoms with Crippen molar-refractivity contribution in [2.24, 2.45) is 11.1 Å². The Bertz CT molecular complexity index is 192. The Balaban J connectivity index is 2.22. The summed E-state index contributed by atoms with van der Waals surface area (Å²) < 4.78 is 1.09. The topological polar surface area (TPSA) is 32.6 Å². The molecule has 0 unspecified atom stereocenters. The van der Waals surface area contributed by atoms with Gasteiger partial charge in [0.1, 0.15) is 12.3 Å². The van der Waals surface area contributed by atoms with E-state index in [0.717, 1.165) is 16.7 Å². The largest absolute Gasteiger partial charge is 0.411 e. The third-order valence-corrected chi connectivity index (χ3v) is 3.18. The first-order valence-corrected chi connectivity index (χ1v) is 4.28. The number of oxime groups is 1. The molecule has 3 rings (SSSR count). The lowest BCUT2D eigenvalue weighted by atomic mass is 9.85. The van der Waals surface area contributed by atoms with Crippen molar-refractivity contribution in [1.82, 2.24) is 0 Å². The fourth-order valence-corrected chi connectivity index (χ4v) is 2.32. The Kier molecular flexibility index (Phi) is 1.42. The summed E-state index contributed by atoms with van der Waals surface area (Å²) in [6.45, 7) is 3.51. The van der Waals surface area contributed by atoms with Crippen LogP contribution in [0.5, 0.6) is 0 Å². The maximum atomic E-state index is 8.71. The summed E-state index contributed by atoms with van der Waals surface area (Å²) in [4.78, 5) is 0. The van der Waals surface area contributed by atoms with Crippen LogP contribution in [0.1, 0.15) is 12.8 Å². The highest BCUT2D eigenvalue weighted by Gasteiger charge is 2.41. The molecule has 0 aromatic heterocycles. The molecule has 0 spiro atoms. The molecule has 0 atom stereocenters. The lowest BCUT2D eigenvalue weighted by Crippen LogP contribution is -2.59. The van der Waals surface area contributed by atoms with E-state index in [1.54, 1.807) is 0 Å². The van der Waals surface area contributed by atoms with E-state index in [0.29, 0.717) is 5.92 Å². The lowest BCUT2D eigenvalue weighted by molar-refractivity contribution is -0.911. The van der Waals surface area contributed by atoms with Crippen LogP contribution in [-0.2, 0) is 0 Å². The molecule has 3 nitrogen and oxygen atoms in total. The second-order valence-corrected chi connectivity index (χ2v) is 4.09. The highest BCUT2D eigenvalue weighted by Crippen LogP contribution is 2.29. The Labute approximate surface area is 66.9 Å². The van der Waals surface area contributed by atoms with Crippen LogP contribution in [-0.4, -0.2) is 42.1 Å². The highest BCUT2D eigenvalue weighted by atomic mass is 16.4. The summed E-state index contributed by atoms with van der Waals surface area (Å²) in [5.74, 6) is 0.597. The highest BCUT2D eigenvalue weighted by molar-refractivity contribution is 5.88. The van der Waals surface area contributed by atoms with Gasteiger partial charge in [0.15, 0.2) is 0 Å². The second-order valence-electron chi connectivity index (χ2n) is 4.09. The average molecular weight is 155 g/mol. The predicted octanol–water partition coefficient (Wildman–Crippen LogP) is 0.687. The van der Waals surface area contributed by atoms with E-state index in [2.05, 4.69) is 12.2 Å². The SMILES string of the molecule is C[N+]12CCC(CC1)/C(=N/O)C2. The summed E-state index contributed by atoms with van der Waals surface area (Å²) in [6.07, 6.45) is 2.44. The molecule has 0 amide bonds. The summed E-state index contributed by atoms with van der Waals surface area (Å²) in [6, 6.07) is 0. The van der Waals surface area contributed by atoms with E-state index in [1.165, 1.54) is 25.9 Å². The molecule has 11 heavy (non-hydrogen) atoms. The number of piperidine rings is 3. The van der Waals surface area contributed by atoms with Crippen molar-refractivity contribution >= 4 is 5.71 Å². The van der Waals surface area contributed by atoms with Crippen molar-refractivity contribution in [2.75, 3.05) is 26.7 Å². The molecular formula is C8H15N2O+. The van der Waals surface area contributed by atoms with Gasteiger partial charge in [-0.15, -0.1) is 0 Å². The molecule has 3 heterocycles. The van der Waals surface area contributed by atoms with Gasteiger partial charge >= 0.3 is 0 Å². The molecule has 3 heteroatoms. The van der Waals surface area contributed by atoms with Crippen LogP contribution in [0.2, 0.25) is 0 Å². The average Bonchev–Trinajstić information content (AvgIpc) is 2.04. The lowest BCUT2D eigenvalue weighted by Gasteiger charge is -2.46. The van der Waals surface area contributed by atoms with Crippen molar-refractivity contribution in [1.29, 1.82) is 0 Å². The van der Waals surface area contributed by atoms with Crippen molar-refractivity contribution in [3.63, 3.8) is 0 Å². The van der Waals surface area contributed by atoms with Crippen molar-refractivity contribution in [3.8, 4) is 0 Å². The minimum absolute atomic E-state index is 0.597. The standard InChI is InChI=1S/C8H14N2O/c1-10-4-2-7(3-5-10)8(6-10)9-11/h7H,2-6H2,1H3/p+1/b9-8+. The van der Waals surface area contributed by atoms with Crippen LogP contribution < -0.4 is 0 Å². The number of rotatable bonds is 0. The van der Waals surface area contributed by atoms with Crippen LogP contribution in [0.25, 0.3) is 0 Å². The van der Waals surface area contributed by atoms with Gasteiger partial charge in [-0.3, -0.25) is 0 Å². The van der Waals surface area contributed by atoms with E-state index in [-0.39, 0.29) is 0 Å². The third-order valence-electron chi connectivity index (χ3n) is 3.18. The summed E-state index contributed by atoms with van der Waals surface area (Å²) in [5, 5.41) is 12.1. The van der Waals surface area contributed by atoms with E-state index in [4.69, 9.17) is 5.21 Å². The number of fused-ring (bicyclic) bond motifs is 3. The first-order valence-electron chi connectivity index (χ1n) is 4.28. The molecule has 1 N–H and O–H groups in total. The quantitative estimate of drug-likeness (QED) is 0.311. The molecule has 62 valence electrons. The zero-order valence-electron chi connectivity index (χ0n) is 6.95. The van der Waals surface area contributed by atoms with E-state index < -0.39 is 0 Å². The fourth-order valence-electron chi connectivity index (χ4n) is 2.32. The molecule has 0 radical (unpaired) electrons. The van der Waals surface area contributed by atoms with Crippen LogP contribution in [0.3, 0.4) is 0 Å². The summed E-state index contributed by atoms with van der Waals surface area (Å²) in [7, 11) is 2.25. The maximum Gasteiger partial charge on any atom is 0.121 e. The normalized spacial score (nSPS) is 46.6. The van der Waals surface area contributed by atoms with Crippen molar-refractivity contribution in [2.45, 2.75) is 12.8 Å². The molecule has 3 fully saturated rings. The zero-order valence-corrected chi connectivity index (χ0v) is 6.95. The third kappa shape index (κ3) is 1.03. The van der Waals surface area contributed by atoms with Gasteiger partial charge in [-0.2, -0.15) is 0 Å². The Morgan fingerprint density at radius 1 is 1.45 bits per heavy atom. The first-order chi connectivity index (χ1) is 5.23. The molecular weight excluding hydrogens is 140 g/mol. The van der Waals surface area contributed by atoms with Crippen LogP contribution in [0.15, 0.2) is 5.16 Å². The van der Waals surface area contributed by atoms with Gasteiger partial charge in [-0.05, 0) is 0 Å². The minimum Gasteiger partial charge on any atom is -0.411 e. The van der Waals surface area contributed by atoms with E-state index in [1.807, 2.05) is 0 Å². The molecule has 3 aliphatic heterocycles. The van der Waals surface area contributed by atoms with Gasteiger partial charge in [-0.1, -0.05) is 5.16 Å². The molecule has 3 saturated heterocycles. The molecule has 0 aliphatic carbocycles. The first kappa shape index (κ1) is 7.10. The predicted molar refractivity (Wildman–Crippen MR) is 42.7 cm³/mol. The van der Waals surface area contributed by atoms with Gasteiger partial charge in [0.05, 0.1) is 20.1 Å². The van der Waals surface area contributed by atoms with Gasteiger partial charge in [-0.25, -0.2) is 0 Å². The number of hydrogen-bond acceptors (Lipinski definition) is 2. The van der Waals surface area contributed by atoms with Crippen molar-refractivity contribution in [3.05, 3.63) is 0 Å². The molecule has 2 bridgehead atoms. The monoisotopic (exact) mass is 155 g/mol. The number of nitrogens with zero attached hydrogens (tertiary/aromatic N) is 2. The van der Waals surface area contributed by atoms with Gasteiger partial charge in [0.25, 0.3) is 0 Å². The molecule has 3 aliphatic rings. The van der Waals surface area contributed by atoms with Crippen LogP contribution >= 0.6 is 0 Å². The van der Waals surface area contributed by atoms with Crippen LogP contribution in [0, 0.1) is 5.92 Å². The Morgan fingerprint density at radius 2 is 2.09 bits per heavy atom. The molecule has 0 aromatic rings. The van der Waals surface area contributed by atoms with E-state index in [9.17, 15) is 0 Å².